The Labute approximate surface area is 163 Å². The number of rotatable bonds is 7. The predicted octanol–water partition coefficient (Wildman–Crippen LogP) is 3.52. The first kappa shape index (κ1) is 19.3. The summed E-state index contributed by atoms with van der Waals surface area (Å²) in [6, 6.07) is 25.4. The van der Waals surface area contributed by atoms with Gasteiger partial charge >= 0.3 is 5.97 Å². The fraction of sp³-hybridized carbons (Fsp3) is 0.130. The quantitative estimate of drug-likeness (QED) is 0.590. The van der Waals surface area contributed by atoms with Crippen LogP contribution in [0.2, 0.25) is 0 Å². The second kappa shape index (κ2) is 8.97. The molecule has 1 amide bonds. The van der Waals surface area contributed by atoms with E-state index in [1.807, 2.05) is 42.5 Å². The Bertz CT molecular complexity index is 924. The number of carbonyl (C=O) groups is 2. The van der Waals surface area contributed by atoms with Crippen LogP contribution >= 0.6 is 0 Å². The summed E-state index contributed by atoms with van der Waals surface area (Å²) in [5.41, 5.74) is 2.93. The molecule has 0 saturated carbocycles. The van der Waals surface area contributed by atoms with Crippen LogP contribution in [0.1, 0.15) is 22.0 Å². The van der Waals surface area contributed by atoms with Gasteiger partial charge in [-0.05, 0) is 28.8 Å². The second-order valence-corrected chi connectivity index (χ2v) is 6.45. The molecule has 0 aliphatic rings. The number of benzene rings is 3. The van der Waals surface area contributed by atoms with Gasteiger partial charge in [-0.3, -0.25) is 9.59 Å². The van der Waals surface area contributed by atoms with Crippen LogP contribution in [-0.4, -0.2) is 28.6 Å². The number of aliphatic hydroxyl groups is 1. The predicted molar refractivity (Wildman–Crippen MR) is 107 cm³/mol. The number of hydrogen-bond donors (Lipinski definition) is 3. The molecular formula is C23H21NO4. The van der Waals surface area contributed by atoms with E-state index in [9.17, 15) is 19.8 Å². The van der Waals surface area contributed by atoms with Crippen LogP contribution in [0.5, 0.6) is 0 Å². The van der Waals surface area contributed by atoms with Gasteiger partial charge in [0.05, 0.1) is 6.10 Å². The molecule has 0 aromatic heterocycles. The van der Waals surface area contributed by atoms with Crippen LogP contribution in [0.25, 0.3) is 11.1 Å². The molecule has 0 radical (unpaired) electrons. The maximum atomic E-state index is 12.1. The third kappa shape index (κ3) is 4.64. The Morgan fingerprint density at radius 1 is 0.786 bits per heavy atom. The minimum atomic E-state index is -1.24. The zero-order valence-electron chi connectivity index (χ0n) is 15.2. The first-order valence-electron chi connectivity index (χ1n) is 8.96. The van der Waals surface area contributed by atoms with Crippen molar-refractivity contribution in [3.05, 3.63) is 96.1 Å². The van der Waals surface area contributed by atoms with Crippen molar-refractivity contribution in [3.63, 3.8) is 0 Å². The van der Waals surface area contributed by atoms with Crippen molar-refractivity contribution >= 4 is 11.9 Å². The highest BCUT2D eigenvalue weighted by molar-refractivity contribution is 5.94. The third-order valence-corrected chi connectivity index (χ3v) is 4.58. The van der Waals surface area contributed by atoms with Gasteiger partial charge in [0.1, 0.15) is 5.92 Å². The molecule has 0 saturated heterocycles. The zero-order valence-corrected chi connectivity index (χ0v) is 15.2. The minimum Gasteiger partial charge on any atom is -0.481 e. The summed E-state index contributed by atoms with van der Waals surface area (Å²) >= 11 is 0. The average Bonchev–Trinajstić information content (AvgIpc) is 2.74. The normalized spacial score (nSPS) is 12.8. The molecule has 3 aromatic carbocycles. The average molecular weight is 375 g/mol. The fourth-order valence-corrected chi connectivity index (χ4v) is 2.96. The molecule has 0 heterocycles. The van der Waals surface area contributed by atoms with Crippen LogP contribution in [0.3, 0.4) is 0 Å². The highest BCUT2D eigenvalue weighted by Crippen LogP contribution is 2.26. The summed E-state index contributed by atoms with van der Waals surface area (Å²) in [5, 5.41) is 22.7. The van der Waals surface area contributed by atoms with Gasteiger partial charge in [0, 0.05) is 12.1 Å². The lowest BCUT2D eigenvalue weighted by atomic mass is 9.94. The van der Waals surface area contributed by atoms with E-state index in [1.54, 1.807) is 42.5 Å². The minimum absolute atomic E-state index is 0.176. The zero-order chi connectivity index (χ0) is 19.9. The van der Waals surface area contributed by atoms with Gasteiger partial charge in [-0.2, -0.15) is 0 Å². The first-order valence-corrected chi connectivity index (χ1v) is 8.96. The van der Waals surface area contributed by atoms with E-state index in [2.05, 4.69) is 5.32 Å². The summed E-state index contributed by atoms with van der Waals surface area (Å²) in [6.07, 6.45) is -1.24. The molecule has 0 bridgehead atoms. The molecule has 142 valence electrons. The highest BCUT2D eigenvalue weighted by atomic mass is 16.4. The third-order valence-electron chi connectivity index (χ3n) is 4.58. The molecule has 2 atom stereocenters. The number of carbonyl (C=O) groups excluding carboxylic acids is 1. The molecular weight excluding hydrogens is 354 g/mol. The van der Waals surface area contributed by atoms with Crippen molar-refractivity contribution in [2.45, 2.75) is 6.10 Å². The van der Waals surface area contributed by atoms with Gasteiger partial charge in [-0.1, -0.05) is 72.8 Å². The summed E-state index contributed by atoms with van der Waals surface area (Å²) in [4.78, 5) is 23.8. The summed E-state index contributed by atoms with van der Waals surface area (Å²) in [6.45, 7) is -0.176. The maximum Gasteiger partial charge on any atom is 0.311 e. The number of carboxylic acids is 1. The first-order chi connectivity index (χ1) is 13.6. The largest absolute Gasteiger partial charge is 0.481 e. The number of aliphatic carboxylic acids is 1. The van der Waals surface area contributed by atoms with E-state index >= 15 is 0 Å². The van der Waals surface area contributed by atoms with Gasteiger partial charge in [0.25, 0.3) is 5.91 Å². The van der Waals surface area contributed by atoms with E-state index in [4.69, 9.17) is 0 Å². The van der Waals surface area contributed by atoms with Crippen LogP contribution in [0.4, 0.5) is 0 Å². The van der Waals surface area contributed by atoms with Gasteiger partial charge < -0.3 is 15.5 Å². The van der Waals surface area contributed by atoms with Gasteiger partial charge in [0.15, 0.2) is 0 Å². The Kier molecular flexibility index (Phi) is 6.19. The topological polar surface area (TPSA) is 86.6 Å². The second-order valence-electron chi connectivity index (χ2n) is 6.45. The lowest BCUT2D eigenvalue weighted by Crippen LogP contribution is -2.36. The standard InChI is InChI=1S/C23H21NO4/c25-21(18-13-11-17(12-14-18)16-7-3-1-4-8-16)20(23(27)28)15-24-22(26)19-9-5-2-6-10-19/h1-14,20-21,25H,15H2,(H,24,26)(H,27,28). The number of hydrogen-bond acceptors (Lipinski definition) is 3. The van der Waals surface area contributed by atoms with Gasteiger partial charge in [-0.15, -0.1) is 0 Å². The highest BCUT2D eigenvalue weighted by Gasteiger charge is 2.28. The molecule has 3 N–H and O–H groups in total. The number of aliphatic hydroxyl groups excluding tert-OH is 1. The van der Waals surface area contributed by atoms with Crippen LogP contribution < -0.4 is 5.32 Å². The molecule has 3 rings (SSSR count). The summed E-state index contributed by atoms with van der Waals surface area (Å²) in [7, 11) is 0. The molecule has 28 heavy (non-hydrogen) atoms. The van der Waals surface area contributed by atoms with Crippen molar-refractivity contribution in [2.75, 3.05) is 6.54 Å². The maximum absolute atomic E-state index is 12.1. The number of carboxylic acid groups (broad SMARTS) is 1. The Morgan fingerprint density at radius 3 is 1.89 bits per heavy atom. The van der Waals surface area contributed by atoms with E-state index in [1.165, 1.54) is 0 Å². The van der Waals surface area contributed by atoms with E-state index in [-0.39, 0.29) is 12.5 Å². The molecule has 0 fully saturated rings. The van der Waals surface area contributed by atoms with Crippen LogP contribution in [-0.2, 0) is 4.79 Å². The molecule has 0 spiro atoms. The summed E-state index contributed by atoms with van der Waals surface area (Å²) < 4.78 is 0. The monoisotopic (exact) mass is 375 g/mol. The Balaban J connectivity index is 1.69. The molecule has 2 unspecified atom stereocenters. The molecule has 0 aliphatic carbocycles. The SMILES string of the molecule is O=C(NCC(C(=O)O)C(O)c1ccc(-c2ccccc2)cc1)c1ccccc1. The smallest absolute Gasteiger partial charge is 0.311 e. The lowest BCUT2D eigenvalue weighted by molar-refractivity contribution is -0.145. The van der Waals surface area contributed by atoms with E-state index < -0.39 is 18.0 Å². The Hall–Kier alpha value is -3.44. The molecule has 3 aromatic rings. The number of amides is 1. The van der Waals surface area contributed by atoms with Crippen molar-refractivity contribution in [1.82, 2.24) is 5.32 Å². The van der Waals surface area contributed by atoms with E-state index in [0.29, 0.717) is 11.1 Å². The lowest BCUT2D eigenvalue weighted by Gasteiger charge is -2.20. The van der Waals surface area contributed by atoms with Gasteiger partial charge in [0.2, 0.25) is 0 Å². The van der Waals surface area contributed by atoms with Crippen molar-refractivity contribution in [2.24, 2.45) is 5.92 Å². The van der Waals surface area contributed by atoms with E-state index in [0.717, 1.165) is 11.1 Å². The Morgan fingerprint density at radius 2 is 1.32 bits per heavy atom. The molecule has 5 heteroatoms. The van der Waals surface area contributed by atoms with Crippen LogP contribution in [0, 0.1) is 5.92 Å². The number of nitrogens with one attached hydrogen (secondary N) is 1. The van der Waals surface area contributed by atoms with Crippen LogP contribution in [0.15, 0.2) is 84.9 Å². The van der Waals surface area contributed by atoms with Gasteiger partial charge in [-0.25, -0.2) is 0 Å². The molecule has 5 nitrogen and oxygen atoms in total. The van der Waals surface area contributed by atoms with Crippen molar-refractivity contribution in [3.8, 4) is 11.1 Å². The fourth-order valence-electron chi connectivity index (χ4n) is 2.96. The molecule has 0 aliphatic heterocycles. The summed E-state index contributed by atoms with van der Waals surface area (Å²) in [5.74, 6) is -2.71. The van der Waals surface area contributed by atoms with Crippen molar-refractivity contribution < 1.29 is 19.8 Å². The van der Waals surface area contributed by atoms with Crippen molar-refractivity contribution in [1.29, 1.82) is 0 Å².